The van der Waals surface area contributed by atoms with Gasteiger partial charge in [-0.25, -0.2) is 0 Å². The molecule has 0 fully saturated rings. The van der Waals surface area contributed by atoms with E-state index < -0.39 is 0 Å². The second kappa shape index (κ2) is 7.16. The molecule has 0 atom stereocenters. The summed E-state index contributed by atoms with van der Waals surface area (Å²) in [5.74, 6) is -0.217. The van der Waals surface area contributed by atoms with E-state index in [1.165, 1.54) is 0 Å². The normalized spacial score (nSPS) is 12.0. The van der Waals surface area contributed by atoms with Crippen molar-refractivity contribution in [1.29, 1.82) is 0 Å². The molecule has 0 radical (unpaired) electrons. The molecule has 9 heteroatoms. The summed E-state index contributed by atoms with van der Waals surface area (Å²) >= 11 is 0. The van der Waals surface area contributed by atoms with E-state index in [1.54, 1.807) is 13.8 Å². The van der Waals surface area contributed by atoms with Crippen LogP contribution in [0.3, 0.4) is 0 Å². The zero-order valence-electron chi connectivity index (χ0n) is 13.1. The number of nitrogens with two attached hydrogens (primary N) is 4. The second-order valence-corrected chi connectivity index (χ2v) is 4.67. The highest BCUT2D eigenvalue weighted by Crippen LogP contribution is 2.15. The molecule has 0 saturated heterocycles. The molecule has 118 valence electrons. The van der Waals surface area contributed by atoms with Crippen molar-refractivity contribution < 1.29 is 0 Å². The first-order valence-corrected chi connectivity index (χ1v) is 6.47. The van der Waals surface area contributed by atoms with Crippen LogP contribution in [0.4, 0.5) is 0 Å². The molecule has 0 aliphatic carbocycles. The van der Waals surface area contributed by atoms with E-state index in [2.05, 4.69) is 25.4 Å². The van der Waals surface area contributed by atoms with Crippen LogP contribution in [0.5, 0.6) is 0 Å². The van der Waals surface area contributed by atoms with Gasteiger partial charge in [-0.05, 0) is 33.8 Å². The topological polar surface area (TPSA) is 166 Å². The Hall–Kier alpha value is -2.97. The zero-order valence-corrected chi connectivity index (χ0v) is 13.1. The number of aromatic nitrogens is 1. The Morgan fingerprint density at radius 3 is 1.45 bits per heavy atom. The van der Waals surface area contributed by atoms with Gasteiger partial charge in [-0.1, -0.05) is 0 Å². The highest BCUT2D eigenvalue weighted by atomic mass is 15.3. The first-order valence-electron chi connectivity index (χ1n) is 6.47. The van der Waals surface area contributed by atoms with Gasteiger partial charge < -0.3 is 22.9 Å². The molecule has 9 nitrogen and oxygen atoms in total. The van der Waals surface area contributed by atoms with Crippen molar-refractivity contribution >= 4 is 23.3 Å². The number of rotatable bonds is 4. The summed E-state index contributed by atoms with van der Waals surface area (Å²) in [4.78, 5) is 4.49. The lowest BCUT2D eigenvalue weighted by molar-refractivity contribution is 1.09. The smallest absolute Gasteiger partial charge is 0.211 e. The summed E-state index contributed by atoms with van der Waals surface area (Å²) < 4.78 is 0. The fraction of sp³-hybridized carbons (Fsp3) is 0.308. The predicted molar refractivity (Wildman–Crippen MR) is 89.8 cm³/mol. The van der Waals surface area contributed by atoms with Gasteiger partial charge in [-0.15, -0.1) is 10.2 Å². The van der Waals surface area contributed by atoms with E-state index in [4.69, 9.17) is 22.9 Å². The molecule has 1 heterocycles. The first-order chi connectivity index (χ1) is 10.2. The lowest BCUT2D eigenvalue weighted by Gasteiger charge is -2.10. The molecule has 0 bridgehead atoms. The molecule has 0 spiro atoms. The molecule has 0 saturated carbocycles. The van der Waals surface area contributed by atoms with E-state index >= 15 is 0 Å². The van der Waals surface area contributed by atoms with Crippen LogP contribution in [0, 0.1) is 13.8 Å². The van der Waals surface area contributed by atoms with Crippen molar-refractivity contribution in [1.82, 2.24) is 4.98 Å². The minimum Gasteiger partial charge on any atom is -0.369 e. The highest BCUT2D eigenvalue weighted by Gasteiger charge is 2.11. The lowest BCUT2D eigenvalue weighted by Crippen LogP contribution is -2.22. The van der Waals surface area contributed by atoms with E-state index in [9.17, 15) is 0 Å². The zero-order chi connectivity index (χ0) is 16.9. The first kappa shape index (κ1) is 17.1. The summed E-state index contributed by atoms with van der Waals surface area (Å²) in [7, 11) is 0. The van der Waals surface area contributed by atoms with Crippen molar-refractivity contribution in [3.8, 4) is 0 Å². The molecule has 0 aromatic carbocycles. The highest BCUT2D eigenvalue weighted by molar-refractivity contribution is 6.05. The van der Waals surface area contributed by atoms with Crippen molar-refractivity contribution in [2.75, 3.05) is 0 Å². The van der Waals surface area contributed by atoms with Crippen LogP contribution in [0.15, 0.2) is 26.5 Å². The van der Waals surface area contributed by atoms with Crippen molar-refractivity contribution in [3.63, 3.8) is 0 Å². The molecular formula is C13H21N9. The summed E-state index contributed by atoms with van der Waals surface area (Å²) in [6, 6.07) is 1.90. The number of hydrogen-bond acceptors (Lipinski definition) is 5. The van der Waals surface area contributed by atoms with Crippen molar-refractivity contribution in [2.45, 2.75) is 27.7 Å². The van der Waals surface area contributed by atoms with Crippen LogP contribution in [0.1, 0.15) is 36.4 Å². The summed E-state index contributed by atoms with van der Waals surface area (Å²) in [5, 5.41) is 15.2. The maximum absolute atomic E-state index is 5.27. The van der Waals surface area contributed by atoms with E-state index in [-0.39, 0.29) is 11.9 Å². The molecule has 0 aliphatic heterocycles. The molecular weight excluding hydrogens is 282 g/mol. The van der Waals surface area contributed by atoms with Gasteiger partial charge in [0.15, 0.2) is 0 Å². The van der Waals surface area contributed by atoms with Crippen LogP contribution in [0.25, 0.3) is 0 Å². The largest absolute Gasteiger partial charge is 0.369 e. The molecule has 1 aromatic rings. The van der Waals surface area contributed by atoms with Gasteiger partial charge in [0.2, 0.25) is 11.9 Å². The minimum atomic E-state index is -0.109. The molecule has 0 aliphatic rings. The third-order valence-corrected chi connectivity index (χ3v) is 2.81. The van der Waals surface area contributed by atoms with Crippen LogP contribution < -0.4 is 22.9 Å². The maximum Gasteiger partial charge on any atom is 0.211 e. The Balaban J connectivity index is 3.37. The molecule has 0 amide bonds. The van der Waals surface area contributed by atoms with Crippen LogP contribution >= 0.6 is 0 Å². The number of pyridine rings is 1. The van der Waals surface area contributed by atoms with Gasteiger partial charge in [0.1, 0.15) is 0 Å². The predicted octanol–water partition coefficient (Wildman–Crippen LogP) is -0.307. The Morgan fingerprint density at radius 1 is 0.773 bits per heavy atom. The third-order valence-electron chi connectivity index (χ3n) is 2.81. The van der Waals surface area contributed by atoms with Crippen molar-refractivity contribution in [3.05, 3.63) is 28.6 Å². The number of nitrogens with zero attached hydrogens (tertiary/aromatic N) is 5. The fourth-order valence-corrected chi connectivity index (χ4v) is 1.83. The Morgan fingerprint density at radius 2 is 1.14 bits per heavy atom. The minimum absolute atomic E-state index is 0.109. The lowest BCUT2D eigenvalue weighted by atomic mass is 10.0. The van der Waals surface area contributed by atoms with Crippen molar-refractivity contribution in [2.24, 2.45) is 43.3 Å². The number of aryl methyl sites for hydroxylation is 2. The summed E-state index contributed by atoms with van der Waals surface area (Å²) in [6.45, 7) is 7.34. The van der Waals surface area contributed by atoms with Gasteiger partial charge in [0.25, 0.3) is 0 Å². The van der Waals surface area contributed by atoms with Gasteiger partial charge in [0, 0.05) is 22.5 Å². The average molecular weight is 303 g/mol. The molecule has 0 unspecified atom stereocenters. The fourth-order valence-electron chi connectivity index (χ4n) is 1.83. The second-order valence-electron chi connectivity index (χ2n) is 4.67. The SMILES string of the molecule is C/C(=N\N=C(N)N)c1cc(/C(C)=N/N=C(N)N)c(C)nc1C. The maximum atomic E-state index is 5.27. The monoisotopic (exact) mass is 303 g/mol. The Labute approximate surface area is 128 Å². The number of guanidine groups is 2. The molecule has 1 aromatic heterocycles. The quantitative estimate of drug-likeness (QED) is 0.339. The third kappa shape index (κ3) is 4.54. The standard InChI is InChI=1S/C13H21N9/c1-6-10(8(3)19-21-12(14)15)5-11(7(2)18-6)9(4)20-22-13(16)17/h5H,1-4H3,(H4,14,15,21)(H4,16,17,22)/b19-8+,20-9+. The van der Waals surface area contributed by atoms with E-state index in [0.717, 1.165) is 22.5 Å². The van der Waals surface area contributed by atoms with Gasteiger partial charge in [0.05, 0.1) is 11.4 Å². The van der Waals surface area contributed by atoms with Gasteiger partial charge >= 0.3 is 0 Å². The average Bonchev–Trinajstić information content (AvgIpc) is 2.42. The summed E-state index contributed by atoms with van der Waals surface area (Å²) in [6.07, 6.45) is 0. The van der Waals surface area contributed by atoms with Crippen LogP contribution in [0.2, 0.25) is 0 Å². The van der Waals surface area contributed by atoms with E-state index in [0.29, 0.717) is 11.4 Å². The Bertz CT molecular complexity index is 620. The number of hydrogen-bond donors (Lipinski definition) is 4. The van der Waals surface area contributed by atoms with Crippen LogP contribution in [-0.4, -0.2) is 28.3 Å². The van der Waals surface area contributed by atoms with E-state index in [1.807, 2.05) is 19.9 Å². The van der Waals surface area contributed by atoms with Gasteiger partial charge in [-0.3, -0.25) is 4.98 Å². The molecule has 22 heavy (non-hydrogen) atoms. The molecule has 1 rings (SSSR count). The van der Waals surface area contributed by atoms with Gasteiger partial charge in [-0.2, -0.15) is 10.2 Å². The Kier molecular flexibility index (Phi) is 5.56. The van der Waals surface area contributed by atoms with Crippen LogP contribution in [-0.2, 0) is 0 Å². The molecule has 8 N–H and O–H groups in total. The summed E-state index contributed by atoms with van der Waals surface area (Å²) in [5.41, 5.74) is 25.6.